The van der Waals surface area contributed by atoms with Crippen LogP contribution in [-0.4, -0.2) is 22.2 Å². The second-order valence-electron chi connectivity index (χ2n) is 7.06. The highest BCUT2D eigenvalue weighted by Gasteiger charge is 2.28. The third-order valence-corrected chi connectivity index (χ3v) is 4.97. The Kier molecular flexibility index (Phi) is 4.96. The summed E-state index contributed by atoms with van der Waals surface area (Å²) < 4.78 is 0. The molecule has 0 saturated carbocycles. The zero-order chi connectivity index (χ0) is 19.5. The second kappa shape index (κ2) is 7.71. The largest absolute Gasteiger partial charge is 0.372 e. The molecule has 2 N–H and O–H groups in total. The lowest BCUT2D eigenvalue weighted by Crippen LogP contribution is -2.48. The van der Waals surface area contributed by atoms with Gasteiger partial charge in [0.25, 0.3) is 5.91 Å². The molecule has 4 heteroatoms. The SMILES string of the molecule is Cc1ccc(C2=CN(O)C(=O)C(Cc3ccc(-c4ccccc4)cc3)N2)cc1. The Morgan fingerprint density at radius 1 is 0.857 bits per heavy atom. The minimum Gasteiger partial charge on any atom is -0.372 e. The van der Waals surface area contributed by atoms with Gasteiger partial charge in [-0.1, -0.05) is 84.4 Å². The molecule has 3 aromatic rings. The maximum atomic E-state index is 12.4. The van der Waals surface area contributed by atoms with Gasteiger partial charge < -0.3 is 5.32 Å². The van der Waals surface area contributed by atoms with E-state index in [9.17, 15) is 10.0 Å². The lowest BCUT2D eigenvalue weighted by atomic mass is 9.99. The normalized spacial score (nSPS) is 16.5. The highest BCUT2D eigenvalue weighted by atomic mass is 16.5. The summed E-state index contributed by atoms with van der Waals surface area (Å²) in [5, 5.41) is 14.0. The molecule has 1 amide bonds. The monoisotopic (exact) mass is 370 g/mol. The van der Waals surface area contributed by atoms with Crippen LogP contribution in [0.1, 0.15) is 16.7 Å². The first kappa shape index (κ1) is 18.0. The van der Waals surface area contributed by atoms with E-state index in [0.29, 0.717) is 11.5 Å². The van der Waals surface area contributed by atoms with Crippen molar-refractivity contribution in [2.24, 2.45) is 0 Å². The summed E-state index contributed by atoms with van der Waals surface area (Å²) in [6, 6.07) is 25.8. The van der Waals surface area contributed by atoms with Gasteiger partial charge in [0.05, 0.1) is 11.9 Å². The van der Waals surface area contributed by atoms with E-state index in [1.807, 2.05) is 61.5 Å². The fraction of sp³-hybridized carbons (Fsp3) is 0.125. The summed E-state index contributed by atoms with van der Waals surface area (Å²) in [5.74, 6) is -0.358. The smallest absolute Gasteiger partial charge is 0.272 e. The standard InChI is InChI=1S/C24H22N2O2/c1-17-7-11-21(12-8-17)23-16-26(28)24(27)22(25-23)15-18-9-13-20(14-10-18)19-5-3-2-4-6-19/h2-14,16,22,25,28H,15H2,1H3. The third kappa shape index (κ3) is 3.82. The van der Waals surface area contributed by atoms with Gasteiger partial charge in [0.1, 0.15) is 6.04 Å². The number of aryl methyl sites for hydroxylation is 1. The average molecular weight is 370 g/mol. The van der Waals surface area contributed by atoms with Crippen molar-refractivity contribution < 1.29 is 10.0 Å². The van der Waals surface area contributed by atoms with Crippen molar-refractivity contribution in [2.45, 2.75) is 19.4 Å². The predicted octanol–water partition coefficient (Wildman–Crippen LogP) is 4.39. The molecular formula is C24H22N2O2. The van der Waals surface area contributed by atoms with Gasteiger partial charge in [0.15, 0.2) is 0 Å². The van der Waals surface area contributed by atoms with Gasteiger partial charge in [0.2, 0.25) is 0 Å². The topological polar surface area (TPSA) is 52.6 Å². The quantitative estimate of drug-likeness (QED) is 0.670. The molecule has 3 aromatic carbocycles. The molecule has 1 aliphatic rings. The molecule has 4 nitrogen and oxygen atoms in total. The van der Waals surface area contributed by atoms with E-state index in [2.05, 4.69) is 29.6 Å². The van der Waals surface area contributed by atoms with Crippen molar-refractivity contribution in [3.8, 4) is 11.1 Å². The van der Waals surface area contributed by atoms with E-state index in [4.69, 9.17) is 0 Å². The lowest BCUT2D eigenvalue weighted by molar-refractivity contribution is -0.157. The molecule has 28 heavy (non-hydrogen) atoms. The van der Waals surface area contributed by atoms with Crippen LogP contribution in [0.15, 0.2) is 85.1 Å². The zero-order valence-corrected chi connectivity index (χ0v) is 15.7. The number of carbonyl (C=O) groups excluding carboxylic acids is 1. The number of hydrogen-bond donors (Lipinski definition) is 2. The Bertz CT molecular complexity index is 993. The summed E-state index contributed by atoms with van der Waals surface area (Å²) in [6.07, 6.45) is 1.93. The Hall–Kier alpha value is -3.37. The average Bonchev–Trinajstić information content (AvgIpc) is 2.73. The van der Waals surface area contributed by atoms with Gasteiger partial charge in [-0.05, 0) is 29.2 Å². The summed E-state index contributed by atoms with van der Waals surface area (Å²) in [5.41, 5.74) is 6.15. The molecule has 1 unspecified atom stereocenters. The summed E-state index contributed by atoms with van der Waals surface area (Å²) >= 11 is 0. The van der Waals surface area contributed by atoms with Crippen molar-refractivity contribution >= 4 is 11.6 Å². The van der Waals surface area contributed by atoms with E-state index >= 15 is 0 Å². The minimum atomic E-state index is -0.520. The molecule has 4 rings (SSSR count). The van der Waals surface area contributed by atoms with Crippen molar-refractivity contribution in [1.82, 2.24) is 10.4 Å². The van der Waals surface area contributed by atoms with Crippen LogP contribution in [-0.2, 0) is 11.2 Å². The molecule has 0 fully saturated rings. The molecule has 0 aliphatic carbocycles. The number of nitrogens with one attached hydrogen (secondary N) is 1. The first-order valence-electron chi connectivity index (χ1n) is 9.32. The maximum Gasteiger partial charge on any atom is 0.272 e. The van der Waals surface area contributed by atoms with E-state index in [-0.39, 0.29) is 5.91 Å². The van der Waals surface area contributed by atoms with Crippen LogP contribution in [0.2, 0.25) is 0 Å². The highest BCUT2D eigenvalue weighted by molar-refractivity contribution is 5.88. The highest BCUT2D eigenvalue weighted by Crippen LogP contribution is 2.22. The van der Waals surface area contributed by atoms with Crippen LogP contribution >= 0.6 is 0 Å². The minimum absolute atomic E-state index is 0.358. The van der Waals surface area contributed by atoms with E-state index < -0.39 is 6.04 Å². The van der Waals surface area contributed by atoms with Crippen LogP contribution in [0.3, 0.4) is 0 Å². The van der Waals surface area contributed by atoms with Crippen molar-refractivity contribution in [1.29, 1.82) is 0 Å². The lowest BCUT2D eigenvalue weighted by Gasteiger charge is -2.29. The molecule has 1 heterocycles. The maximum absolute atomic E-state index is 12.4. The molecule has 0 saturated heterocycles. The second-order valence-corrected chi connectivity index (χ2v) is 7.06. The molecule has 1 atom stereocenters. The number of hydrogen-bond acceptors (Lipinski definition) is 3. The number of amides is 1. The van der Waals surface area contributed by atoms with Crippen LogP contribution < -0.4 is 5.32 Å². The fourth-order valence-corrected chi connectivity index (χ4v) is 3.36. The van der Waals surface area contributed by atoms with Crippen molar-refractivity contribution in [2.75, 3.05) is 0 Å². The van der Waals surface area contributed by atoms with Gasteiger partial charge in [-0.25, -0.2) is 0 Å². The molecule has 140 valence electrons. The van der Waals surface area contributed by atoms with Gasteiger partial charge in [0, 0.05) is 6.42 Å². The molecule has 0 spiro atoms. The Morgan fingerprint density at radius 2 is 1.46 bits per heavy atom. The summed E-state index contributed by atoms with van der Waals surface area (Å²) in [7, 11) is 0. The number of benzene rings is 3. The number of hydroxylamine groups is 2. The van der Waals surface area contributed by atoms with E-state index in [1.54, 1.807) is 0 Å². The van der Waals surface area contributed by atoms with Crippen LogP contribution in [0.5, 0.6) is 0 Å². The number of rotatable bonds is 4. The number of nitrogens with zero attached hydrogens (tertiary/aromatic N) is 1. The summed E-state index contributed by atoms with van der Waals surface area (Å²) in [6.45, 7) is 2.02. The van der Waals surface area contributed by atoms with Gasteiger partial charge in [-0.3, -0.25) is 10.0 Å². The van der Waals surface area contributed by atoms with Gasteiger partial charge in [-0.2, -0.15) is 5.06 Å². The molecular weight excluding hydrogens is 348 g/mol. The van der Waals surface area contributed by atoms with E-state index in [0.717, 1.165) is 33.5 Å². The zero-order valence-electron chi connectivity index (χ0n) is 15.7. The molecule has 0 bridgehead atoms. The first-order valence-corrected chi connectivity index (χ1v) is 9.32. The Labute approximate surface area is 164 Å². The Balaban J connectivity index is 1.52. The van der Waals surface area contributed by atoms with Crippen molar-refractivity contribution in [3.63, 3.8) is 0 Å². The van der Waals surface area contributed by atoms with Crippen molar-refractivity contribution in [3.05, 3.63) is 102 Å². The fourth-order valence-electron chi connectivity index (χ4n) is 3.36. The summed E-state index contributed by atoms with van der Waals surface area (Å²) in [4.78, 5) is 12.4. The molecule has 1 aliphatic heterocycles. The molecule has 0 aromatic heterocycles. The van der Waals surface area contributed by atoms with Gasteiger partial charge >= 0.3 is 0 Å². The van der Waals surface area contributed by atoms with Crippen LogP contribution in [0, 0.1) is 6.92 Å². The molecule has 0 radical (unpaired) electrons. The van der Waals surface area contributed by atoms with E-state index in [1.165, 1.54) is 6.20 Å². The Morgan fingerprint density at radius 3 is 2.14 bits per heavy atom. The third-order valence-electron chi connectivity index (χ3n) is 4.97. The number of carbonyl (C=O) groups is 1. The first-order chi connectivity index (χ1) is 13.6. The van der Waals surface area contributed by atoms with Crippen LogP contribution in [0.25, 0.3) is 16.8 Å². The predicted molar refractivity (Wildman–Crippen MR) is 110 cm³/mol. The van der Waals surface area contributed by atoms with Gasteiger partial charge in [-0.15, -0.1) is 0 Å². The van der Waals surface area contributed by atoms with Crippen LogP contribution in [0.4, 0.5) is 0 Å².